The number of carbonyl (C=O) groups excluding carboxylic acids is 1. The van der Waals surface area contributed by atoms with Crippen LogP contribution in [-0.4, -0.2) is 38.3 Å². The molecule has 172 valence electrons. The van der Waals surface area contributed by atoms with E-state index >= 15 is 0 Å². The number of halogens is 2. The first-order valence-electron chi connectivity index (χ1n) is 10.4. The Labute approximate surface area is 193 Å². The van der Waals surface area contributed by atoms with Gasteiger partial charge in [-0.2, -0.15) is 5.26 Å². The second kappa shape index (κ2) is 10.1. The lowest BCUT2D eigenvalue weighted by atomic mass is 10.2. The summed E-state index contributed by atoms with van der Waals surface area (Å²) in [6, 6.07) is 15.9. The van der Waals surface area contributed by atoms with E-state index in [0.29, 0.717) is 16.7 Å². The van der Waals surface area contributed by atoms with E-state index in [9.17, 15) is 18.7 Å². The molecule has 2 aromatic heterocycles. The molecular formula is C24H20F2N6O2. The highest BCUT2D eigenvalue weighted by Gasteiger charge is 2.19. The third kappa shape index (κ3) is 5.00. The summed E-state index contributed by atoms with van der Waals surface area (Å²) in [5.41, 5.74) is 2.02. The number of aliphatic hydroxyl groups excluding tert-OH is 1. The maximum absolute atomic E-state index is 14.3. The second-order valence-electron chi connectivity index (χ2n) is 7.47. The topological polar surface area (TPSA) is 116 Å². The summed E-state index contributed by atoms with van der Waals surface area (Å²) in [5.74, 6) is -2.41. The third-order valence-electron chi connectivity index (χ3n) is 5.13. The number of aromatic nitrogens is 3. The molecule has 10 heteroatoms. The van der Waals surface area contributed by atoms with Crippen LogP contribution >= 0.6 is 0 Å². The SMILES string of the molecule is N#Cc1ccc(NC(O)CCNC(=O)c2nc3ccccc3n2Cc2cccc(F)c2F)cn1. The first-order chi connectivity index (χ1) is 16.5. The molecule has 0 spiro atoms. The zero-order valence-corrected chi connectivity index (χ0v) is 17.9. The Morgan fingerprint density at radius 1 is 1.15 bits per heavy atom. The monoisotopic (exact) mass is 462 g/mol. The smallest absolute Gasteiger partial charge is 0.287 e. The maximum Gasteiger partial charge on any atom is 0.287 e. The Kier molecular flexibility index (Phi) is 6.75. The number of hydrogen-bond acceptors (Lipinski definition) is 6. The normalized spacial score (nSPS) is 11.7. The minimum Gasteiger partial charge on any atom is -0.374 e. The molecule has 0 saturated heterocycles. The lowest BCUT2D eigenvalue weighted by molar-refractivity contribution is 0.0932. The molecule has 1 amide bonds. The number of nitrogens with one attached hydrogen (secondary N) is 2. The van der Waals surface area contributed by atoms with Crippen LogP contribution < -0.4 is 10.6 Å². The molecule has 3 N–H and O–H groups in total. The summed E-state index contributed by atoms with van der Waals surface area (Å²) in [4.78, 5) is 21.2. The van der Waals surface area contributed by atoms with Gasteiger partial charge >= 0.3 is 0 Å². The summed E-state index contributed by atoms with van der Waals surface area (Å²) < 4.78 is 29.5. The van der Waals surface area contributed by atoms with Crippen LogP contribution in [0.5, 0.6) is 0 Å². The van der Waals surface area contributed by atoms with E-state index in [1.165, 1.54) is 29.0 Å². The summed E-state index contributed by atoms with van der Waals surface area (Å²) in [5, 5.41) is 24.5. The van der Waals surface area contributed by atoms with Crippen molar-refractivity contribution >= 4 is 22.6 Å². The number of para-hydroxylation sites is 2. The molecule has 4 rings (SSSR count). The Balaban J connectivity index is 1.45. The zero-order valence-electron chi connectivity index (χ0n) is 17.9. The Bertz CT molecular complexity index is 1360. The molecule has 8 nitrogen and oxygen atoms in total. The molecule has 4 aromatic rings. The number of nitrogens with zero attached hydrogens (tertiary/aromatic N) is 4. The van der Waals surface area contributed by atoms with Gasteiger partial charge in [-0.25, -0.2) is 18.7 Å². The third-order valence-corrected chi connectivity index (χ3v) is 5.13. The molecule has 1 unspecified atom stereocenters. The highest BCUT2D eigenvalue weighted by molar-refractivity contribution is 5.94. The van der Waals surface area contributed by atoms with E-state index in [1.54, 1.807) is 30.3 Å². The molecule has 2 aromatic carbocycles. The number of amides is 1. The van der Waals surface area contributed by atoms with Crippen molar-refractivity contribution in [2.45, 2.75) is 19.2 Å². The van der Waals surface area contributed by atoms with Gasteiger partial charge in [0.05, 0.1) is 29.5 Å². The lowest BCUT2D eigenvalue weighted by Gasteiger charge is -2.15. The minimum absolute atomic E-state index is 0.0450. The van der Waals surface area contributed by atoms with Gasteiger partial charge in [-0.05, 0) is 30.3 Å². The van der Waals surface area contributed by atoms with E-state index in [2.05, 4.69) is 20.6 Å². The first-order valence-corrected chi connectivity index (χ1v) is 10.4. The number of benzene rings is 2. The second-order valence-corrected chi connectivity index (χ2v) is 7.47. The molecule has 0 aliphatic rings. The summed E-state index contributed by atoms with van der Waals surface area (Å²) in [6.07, 6.45) is 0.619. The number of nitriles is 1. The number of pyridine rings is 1. The maximum atomic E-state index is 14.3. The van der Waals surface area contributed by atoms with Gasteiger partial charge < -0.3 is 20.3 Å². The van der Waals surface area contributed by atoms with Crippen LogP contribution in [0.3, 0.4) is 0 Å². The molecule has 0 aliphatic carbocycles. The van der Waals surface area contributed by atoms with Crippen LogP contribution in [-0.2, 0) is 6.54 Å². The fraction of sp³-hybridized carbons (Fsp3) is 0.167. The molecule has 0 fully saturated rings. The van der Waals surface area contributed by atoms with Gasteiger partial charge in [0.25, 0.3) is 5.91 Å². The summed E-state index contributed by atoms with van der Waals surface area (Å²) in [6.45, 7) is 0.0387. The number of carbonyl (C=O) groups is 1. The fourth-order valence-electron chi connectivity index (χ4n) is 3.46. The van der Waals surface area contributed by atoms with Gasteiger partial charge in [-0.1, -0.05) is 24.3 Å². The zero-order chi connectivity index (χ0) is 24.1. The van der Waals surface area contributed by atoms with Gasteiger partial charge in [0.2, 0.25) is 0 Å². The van der Waals surface area contributed by atoms with Crippen LogP contribution in [0.15, 0.2) is 60.8 Å². The van der Waals surface area contributed by atoms with Crippen molar-refractivity contribution in [1.82, 2.24) is 19.9 Å². The number of fused-ring (bicyclic) bond motifs is 1. The molecule has 2 heterocycles. The van der Waals surface area contributed by atoms with Gasteiger partial charge in [0.1, 0.15) is 18.0 Å². The molecule has 1 atom stereocenters. The predicted molar refractivity (Wildman–Crippen MR) is 121 cm³/mol. The molecule has 0 bridgehead atoms. The van der Waals surface area contributed by atoms with E-state index in [0.717, 1.165) is 6.07 Å². The van der Waals surface area contributed by atoms with Gasteiger partial charge in [0.15, 0.2) is 17.5 Å². The van der Waals surface area contributed by atoms with E-state index < -0.39 is 23.8 Å². The van der Waals surface area contributed by atoms with E-state index in [-0.39, 0.29) is 36.6 Å². The van der Waals surface area contributed by atoms with Crippen molar-refractivity contribution in [2.24, 2.45) is 0 Å². The van der Waals surface area contributed by atoms with Crippen molar-refractivity contribution in [3.63, 3.8) is 0 Å². The molecular weight excluding hydrogens is 442 g/mol. The number of anilines is 1. The average molecular weight is 462 g/mol. The Morgan fingerprint density at radius 2 is 1.97 bits per heavy atom. The Hall–Kier alpha value is -4.36. The van der Waals surface area contributed by atoms with Crippen molar-refractivity contribution in [3.05, 3.63) is 89.5 Å². The van der Waals surface area contributed by atoms with Gasteiger partial charge in [-0.15, -0.1) is 0 Å². The fourth-order valence-corrected chi connectivity index (χ4v) is 3.46. The Morgan fingerprint density at radius 3 is 2.74 bits per heavy atom. The van der Waals surface area contributed by atoms with E-state index in [1.807, 2.05) is 6.07 Å². The van der Waals surface area contributed by atoms with Crippen LogP contribution in [0, 0.1) is 23.0 Å². The highest BCUT2D eigenvalue weighted by Crippen LogP contribution is 2.20. The van der Waals surface area contributed by atoms with E-state index in [4.69, 9.17) is 5.26 Å². The van der Waals surface area contributed by atoms with Crippen molar-refractivity contribution in [1.29, 1.82) is 5.26 Å². The van der Waals surface area contributed by atoms with Crippen LogP contribution in [0.25, 0.3) is 11.0 Å². The molecule has 0 radical (unpaired) electrons. The molecule has 0 aliphatic heterocycles. The number of aliphatic hydroxyl groups is 1. The van der Waals surface area contributed by atoms with Crippen molar-refractivity contribution in [3.8, 4) is 6.07 Å². The molecule has 34 heavy (non-hydrogen) atoms. The number of imidazole rings is 1. The van der Waals surface area contributed by atoms with Crippen LogP contribution in [0.4, 0.5) is 14.5 Å². The predicted octanol–water partition coefficient (Wildman–Crippen LogP) is 3.18. The first kappa shape index (κ1) is 22.8. The quantitative estimate of drug-likeness (QED) is 0.347. The average Bonchev–Trinajstić information content (AvgIpc) is 3.21. The van der Waals surface area contributed by atoms with Crippen molar-refractivity contribution < 1.29 is 18.7 Å². The largest absolute Gasteiger partial charge is 0.374 e. The molecule has 0 saturated carbocycles. The number of rotatable bonds is 8. The van der Waals surface area contributed by atoms with Gasteiger partial charge in [0, 0.05) is 18.5 Å². The van der Waals surface area contributed by atoms with Crippen LogP contribution in [0.2, 0.25) is 0 Å². The number of hydrogen-bond donors (Lipinski definition) is 3. The lowest BCUT2D eigenvalue weighted by Crippen LogP contribution is -2.31. The summed E-state index contributed by atoms with van der Waals surface area (Å²) >= 11 is 0. The van der Waals surface area contributed by atoms with Crippen LogP contribution in [0.1, 0.15) is 28.3 Å². The standard InChI is InChI=1S/C24H20F2N6O2/c25-18-5-3-4-15(22(18)26)14-32-20-7-2-1-6-19(20)31-23(32)24(34)28-11-10-21(33)30-17-9-8-16(12-27)29-13-17/h1-9,13,21,30,33H,10-11,14H2,(H,28,34). The highest BCUT2D eigenvalue weighted by atomic mass is 19.2. The van der Waals surface area contributed by atoms with Crippen molar-refractivity contribution in [2.75, 3.05) is 11.9 Å². The minimum atomic E-state index is -0.977. The summed E-state index contributed by atoms with van der Waals surface area (Å²) in [7, 11) is 0. The van der Waals surface area contributed by atoms with Gasteiger partial charge in [-0.3, -0.25) is 4.79 Å².